The highest BCUT2D eigenvalue weighted by Crippen LogP contribution is 2.33. The molecule has 0 saturated carbocycles. The number of sulfonamides is 1. The zero-order valence-electron chi connectivity index (χ0n) is 13.5. The molecule has 0 bridgehead atoms. The van der Waals surface area contributed by atoms with Gasteiger partial charge in [0.2, 0.25) is 0 Å². The molecular weight excluding hydrogens is 350 g/mol. The van der Waals surface area contributed by atoms with Gasteiger partial charge in [-0.1, -0.05) is 49.1 Å². The minimum Gasteiger partial charge on any atom is -0.267 e. The van der Waals surface area contributed by atoms with Crippen molar-refractivity contribution in [2.75, 3.05) is 0 Å². The summed E-state index contributed by atoms with van der Waals surface area (Å²) < 4.78 is 26.3. The Morgan fingerprint density at radius 1 is 0.808 bits per heavy atom. The summed E-state index contributed by atoms with van der Waals surface area (Å²) in [6.45, 7) is 3.62. The van der Waals surface area contributed by atoms with E-state index < -0.39 is 21.8 Å². The molecule has 0 aliphatic carbocycles. The van der Waals surface area contributed by atoms with Gasteiger partial charge in [-0.05, 0) is 35.2 Å². The number of carbonyl (C=O) groups is 2. The molecule has 0 N–H and O–H groups in total. The van der Waals surface area contributed by atoms with E-state index in [1.807, 2.05) is 0 Å². The molecule has 1 aliphatic heterocycles. The van der Waals surface area contributed by atoms with Gasteiger partial charge in [-0.3, -0.25) is 9.59 Å². The van der Waals surface area contributed by atoms with E-state index in [1.165, 1.54) is 24.3 Å². The molecule has 1 heterocycles. The topological polar surface area (TPSA) is 71.5 Å². The lowest BCUT2D eigenvalue weighted by molar-refractivity contribution is 0.0726. The van der Waals surface area contributed by atoms with Crippen molar-refractivity contribution in [3.63, 3.8) is 0 Å². The zero-order chi connectivity index (χ0) is 18.5. The number of carbonyl (C=O) groups excluding carboxylic acids is 2. The van der Waals surface area contributed by atoms with Crippen molar-refractivity contribution in [3.8, 4) is 0 Å². The van der Waals surface area contributed by atoms with Crippen molar-refractivity contribution in [1.29, 1.82) is 0 Å². The van der Waals surface area contributed by atoms with Gasteiger partial charge in [0.15, 0.2) is 0 Å². The summed E-state index contributed by atoms with van der Waals surface area (Å²) in [4.78, 5) is 25.6. The molecule has 0 spiro atoms. The highest BCUT2D eigenvalue weighted by atomic mass is 32.2. The van der Waals surface area contributed by atoms with Crippen molar-refractivity contribution in [2.24, 2.45) is 0 Å². The summed E-state index contributed by atoms with van der Waals surface area (Å²) in [5.41, 5.74) is 1.13. The van der Waals surface area contributed by atoms with Crippen LogP contribution in [0, 0.1) is 0 Å². The Morgan fingerprint density at radius 3 is 1.85 bits per heavy atom. The van der Waals surface area contributed by atoms with E-state index in [2.05, 4.69) is 6.58 Å². The van der Waals surface area contributed by atoms with Crippen molar-refractivity contribution >= 4 is 38.7 Å². The highest BCUT2D eigenvalue weighted by Gasteiger charge is 2.41. The third kappa shape index (κ3) is 2.19. The number of imide groups is 1. The fraction of sp³-hybridized carbons (Fsp3) is 0. The van der Waals surface area contributed by atoms with Gasteiger partial charge in [0.05, 0.1) is 4.90 Å². The fourth-order valence-electron chi connectivity index (χ4n) is 3.11. The first-order valence-corrected chi connectivity index (χ1v) is 9.27. The zero-order valence-corrected chi connectivity index (χ0v) is 14.4. The van der Waals surface area contributed by atoms with E-state index in [0.29, 0.717) is 15.1 Å². The monoisotopic (exact) mass is 363 g/mol. The van der Waals surface area contributed by atoms with Crippen LogP contribution in [0.2, 0.25) is 0 Å². The lowest BCUT2D eigenvalue weighted by Crippen LogP contribution is -2.44. The number of amides is 2. The van der Waals surface area contributed by atoms with Crippen LogP contribution in [-0.4, -0.2) is 24.5 Å². The molecule has 2 amide bonds. The summed E-state index contributed by atoms with van der Waals surface area (Å²) in [6, 6.07) is 15.8. The number of benzene rings is 3. The molecule has 3 aromatic rings. The summed E-state index contributed by atoms with van der Waals surface area (Å²) in [5.74, 6) is -1.68. The molecule has 1 aliphatic rings. The Labute approximate surface area is 150 Å². The summed E-state index contributed by atoms with van der Waals surface area (Å²) in [5, 5.41) is 1.20. The molecule has 128 valence electrons. The SMILES string of the molecule is C=Cc1ccc(S(=O)(=O)N2C(=O)c3cccc4cccc(c34)C2=O)cc1. The van der Waals surface area contributed by atoms with Crippen LogP contribution in [0.5, 0.6) is 0 Å². The van der Waals surface area contributed by atoms with Crippen molar-refractivity contribution in [2.45, 2.75) is 4.90 Å². The van der Waals surface area contributed by atoms with E-state index in [9.17, 15) is 18.0 Å². The Hall–Kier alpha value is -3.25. The van der Waals surface area contributed by atoms with Crippen LogP contribution in [0.25, 0.3) is 16.8 Å². The Balaban J connectivity index is 1.91. The summed E-state index contributed by atoms with van der Waals surface area (Å²) >= 11 is 0. The molecular formula is C20H13NO4S. The fourth-order valence-corrected chi connectivity index (χ4v) is 4.43. The van der Waals surface area contributed by atoms with Crippen molar-refractivity contribution in [1.82, 2.24) is 4.31 Å². The van der Waals surface area contributed by atoms with Gasteiger partial charge in [0.25, 0.3) is 21.8 Å². The maximum absolute atomic E-state index is 13.0. The normalized spacial score (nSPS) is 13.9. The second-order valence-corrected chi connectivity index (χ2v) is 7.65. The molecule has 0 aromatic heterocycles. The van der Waals surface area contributed by atoms with Gasteiger partial charge < -0.3 is 0 Å². The first kappa shape index (κ1) is 16.2. The van der Waals surface area contributed by atoms with Crippen LogP contribution < -0.4 is 0 Å². The summed E-state index contributed by atoms with van der Waals surface area (Å²) in [7, 11) is -4.32. The maximum atomic E-state index is 13.0. The lowest BCUT2D eigenvalue weighted by atomic mass is 9.95. The third-order valence-corrected chi connectivity index (χ3v) is 6.07. The van der Waals surface area contributed by atoms with Crippen LogP contribution >= 0.6 is 0 Å². The van der Waals surface area contributed by atoms with Crippen LogP contribution in [0.1, 0.15) is 26.3 Å². The number of hydrogen-bond donors (Lipinski definition) is 0. The van der Waals surface area contributed by atoms with Crippen LogP contribution in [0.3, 0.4) is 0 Å². The standard InChI is InChI=1S/C20H13NO4S/c1-2-13-9-11-15(12-10-13)26(24,25)21-19(22)16-7-3-5-14-6-4-8-17(18(14)16)20(21)23/h2-12H,1H2. The van der Waals surface area contributed by atoms with E-state index in [4.69, 9.17) is 0 Å². The van der Waals surface area contributed by atoms with Gasteiger partial charge in [-0.15, -0.1) is 0 Å². The first-order valence-electron chi connectivity index (χ1n) is 7.83. The quantitative estimate of drug-likeness (QED) is 0.668. The first-order chi connectivity index (χ1) is 12.4. The number of nitrogens with zero attached hydrogens (tertiary/aromatic N) is 1. The molecule has 4 rings (SSSR count). The smallest absolute Gasteiger partial charge is 0.267 e. The molecule has 5 nitrogen and oxygen atoms in total. The Morgan fingerprint density at radius 2 is 1.35 bits per heavy atom. The molecule has 0 fully saturated rings. The minimum absolute atomic E-state index is 0.128. The lowest BCUT2D eigenvalue weighted by Gasteiger charge is -2.26. The number of rotatable bonds is 3. The van der Waals surface area contributed by atoms with Gasteiger partial charge in [-0.2, -0.15) is 4.31 Å². The van der Waals surface area contributed by atoms with Crippen LogP contribution in [-0.2, 0) is 10.0 Å². The van der Waals surface area contributed by atoms with Gasteiger partial charge in [0.1, 0.15) is 0 Å². The molecule has 6 heteroatoms. The second kappa shape index (κ2) is 5.64. The largest absolute Gasteiger partial charge is 0.275 e. The Bertz CT molecular complexity index is 1140. The molecule has 0 unspecified atom stereocenters. The summed E-state index contributed by atoms with van der Waals surface area (Å²) in [6.07, 6.45) is 1.57. The predicted molar refractivity (Wildman–Crippen MR) is 98.2 cm³/mol. The average molecular weight is 363 g/mol. The molecule has 3 aromatic carbocycles. The van der Waals surface area contributed by atoms with E-state index in [0.717, 1.165) is 5.56 Å². The molecule has 0 radical (unpaired) electrons. The van der Waals surface area contributed by atoms with Crippen molar-refractivity contribution < 1.29 is 18.0 Å². The molecule has 26 heavy (non-hydrogen) atoms. The van der Waals surface area contributed by atoms with Gasteiger partial charge >= 0.3 is 0 Å². The average Bonchev–Trinajstić information content (AvgIpc) is 2.66. The van der Waals surface area contributed by atoms with Gasteiger partial charge in [0, 0.05) is 16.5 Å². The molecule has 0 atom stereocenters. The Kier molecular flexibility index (Phi) is 3.52. The minimum atomic E-state index is -4.32. The number of hydrogen-bond acceptors (Lipinski definition) is 4. The maximum Gasteiger partial charge on any atom is 0.275 e. The highest BCUT2D eigenvalue weighted by molar-refractivity contribution is 7.90. The third-order valence-electron chi connectivity index (χ3n) is 4.39. The second-order valence-electron chi connectivity index (χ2n) is 5.86. The van der Waals surface area contributed by atoms with E-state index >= 15 is 0 Å². The van der Waals surface area contributed by atoms with E-state index in [1.54, 1.807) is 42.5 Å². The molecule has 0 saturated heterocycles. The predicted octanol–water partition coefficient (Wildman–Crippen LogP) is 3.47. The van der Waals surface area contributed by atoms with Crippen LogP contribution in [0.15, 0.2) is 72.1 Å². The van der Waals surface area contributed by atoms with Crippen LogP contribution in [0.4, 0.5) is 0 Å². The van der Waals surface area contributed by atoms with E-state index in [-0.39, 0.29) is 16.0 Å². The van der Waals surface area contributed by atoms with Gasteiger partial charge in [-0.25, -0.2) is 8.42 Å². The van der Waals surface area contributed by atoms with Crippen molar-refractivity contribution in [3.05, 3.63) is 83.9 Å².